The lowest BCUT2D eigenvalue weighted by molar-refractivity contribution is -0.0581. The lowest BCUT2D eigenvalue weighted by atomic mass is 9.73. The zero-order valence-electron chi connectivity index (χ0n) is 10.8. The number of methoxy groups -OCH3 is 1. The van der Waals surface area contributed by atoms with Gasteiger partial charge in [0, 0.05) is 25.2 Å². The van der Waals surface area contributed by atoms with Gasteiger partial charge in [0.1, 0.15) is 5.75 Å². The topological polar surface area (TPSA) is 64.7 Å². The van der Waals surface area contributed by atoms with Crippen LogP contribution in [-0.4, -0.2) is 32.0 Å². The maximum atomic E-state index is 10.6. The van der Waals surface area contributed by atoms with E-state index < -0.39 is 6.10 Å². The average Bonchev–Trinajstić information content (AvgIpc) is 2.47. The summed E-state index contributed by atoms with van der Waals surface area (Å²) in [6.45, 7) is 1.82. The van der Waals surface area contributed by atoms with Crippen LogP contribution in [0.3, 0.4) is 0 Å². The predicted octanol–water partition coefficient (Wildman–Crippen LogP) is 1.48. The summed E-state index contributed by atoms with van der Waals surface area (Å²) in [4.78, 5) is 0. The molecule has 4 nitrogen and oxygen atoms in total. The van der Waals surface area contributed by atoms with Crippen molar-refractivity contribution in [1.82, 2.24) is 0 Å². The first-order valence-corrected chi connectivity index (χ1v) is 6.32. The summed E-state index contributed by atoms with van der Waals surface area (Å²) in [6, 6.07) is 7.52. The van der Waals surface area contributed by atoms with Gasteiger partial charge in [-0.2, -0.15) is 0 Å². The summed E-state index contributed by atoms with van der Waals surface area (Å²) in [5.74, 6) is 0.791. The van der Waals surface area contributed by atoms with Gasteiger partial charge in [0.2, 0.25) is 0 Å². The van der Waals surface area contributed by atoms with Crippen LogP contribution in [0.4, 0.5) is 0 Å². The van der Waals surface area contributed by atoms with Crippen molar-refractivity contribution in [3.05, 3.63) is 29.8 Å². The van der Waals surface area contributed by atoms with Crippen LogP contribution in [0.1, 0.15) is 24.5 Å². The smallest absolute Gasteiger partial charge is 0.118 e. The first-order valence-electron chi connectivity index (χ1n) is 6.32. The minimum absolute atomic E-state index is 0.257. The number of hydrogen-bond donors (Lipinski definition) is 2. The number of hydrogen-bond acceptors (Lipinski definition) is 4. The molecule has 2 rings (SSSR count). The lowest BCUT2D eigenvalue weighted by Crippen LogP contribution is -2.41. The first kappa shape index (κ1) is 13.3. The molecule has 1 unspecified atom stereocenters. The molecule has 0 radical (unpaired) electrons. The molecule has 1 aromatic carbocycles. The fourth-order valence-corrected chi connectivity index (χ4v) is 2.51. The Hall–Kier alpha value is -1.10. The molecule has 1 aromatic rings. The molecule has 1 heterocycles. The highest BCUT2D eigenvalue weighted by molar-refractivity contribution is 5.29. The van der Waals surface area contributed by atoms with Crippen molar-refractivity contribution in [2.24, 2.45) is 11.1 Å². The van der Waals surface area contributed by atoms with Crippen molar-refractivity contribution < 1.29 is 14.6 Å². The van der Waals surface area contributed by atoms with Crippen LogP contribution < -0.4 is 10.5 Å². The first-order chi connectivity index (χ1) is 8.72. The lowest BCUT2D eigenvalue weighted by Gasteiger charge is -2.40. The number of aliphatic hydroxyl groups is 1. The molecular formula is C14H21NO3. The molecule has 0 amide bonds. The van der Waals surface area contributed by atoms with Gasteiger partial charge in [-0.05, 0) is 30.5 Å². The molecule has 1 saturated heterocycles. The van der Waals surface area contributed by atoms with Gasteiger partial charge >= 0.3 is 0 Å². The molecule has 1 aliphatic heterocycles. The highest BCUT2D eigenvalue weighted by atomic mass is 16.5. The number of nitrogens with two attached hydrogens (primary N) is 1. The third-order valence-corrected chi connectivity index (χ3v) is 3.91. The quantitative estimate of drug-likeness (QED) is 0.851. The molecule has 0 aliphatic carbocycles. The Bertz CT molecular complexity index is 371. The zero-order chi connectivity index (χ0) is 13.0. The van der Waals surface area contributed by atoms with Crippen molar-refractivity contribution >= 4 is 0 Å². The summed E-state index contributed by atoms with van der Waals surface area (Å²) < 4.78 is 10.5. The Morgan fingerprint density at radius 1 is 1.33 bits per heavy atom. The normalized spacial score (nSPS) is 20.4. The van der Waals surface area contributed by atoms with Gasteiger partial charge in [-0.15, -0.1) is 0 Å². The molecule has 100 valence electrons. The maximum Gasteiger partial charge on any atom is 0.118 e. The van der Waals surface area contributed by atoms with Gasteiger partial charge in [0.15, 0.2) is 0 Å². The second kappa shape index (κ2) is 5.69. The molecule has 0 spiro atoms. The maximum absolute atomic E-state index is 10.6. The van der Waals surface area contributed by atoms with Crippen molar-refractivity contribution in [2.75, 3.05) is 26.9 Å². The van der Waals surface area contributed by atoms with Crippen LogP contribution in [0.5, 0.6) is 5.75 Å². The monoisotopic (exact) mass is 251 g/mol. The van der Waals surface area contributed by atoms with Crippen molar-refractivity contribution in [3.63, 3.8) is 0 Å². The molecule has 0 aromatic heterocycles. The number of rotatable bonds is 4. The minimum atomic E-state index is -0.544. The highest BCUT2D eigenvalue weighted by Gasteiger charge is 2.39. The second-order valence-corrected chi connectivity index (χ2v) is 4.85. The van der Waals surface area contributed by atoms with E-state index in [1.54, 1.807) is 7.11 Å². The number of ether oxygens (including phenoxy) is 2. The third-order valence-electron chi connectivity index (χ3n) is 3.91. The standard InChI is InChI=1S/C14H21NO3/c1-17-12-4-2-11(3-5-12)13(16)14(10-15)6-8-18-9-7-14/h2-5,13,16H,6-10,15H2,1H3. The third kappa shape index (κ3) is 2.51. The molecule has 1 fully saturated rings. The Balaban J connectivity index is 2.19. The molecule has 18 heavy (non-hydrogen) atoms. The van der Waals surface area contributed by atoms with Gasteiger partial charge in [-0.1, -0.05) is 12.1 Å². The van der Waals surface area contributed by atoms with E-state index in [0.29, 0.717) is 19.8 Å². The Morgan fingerprint density at radius 2 is 1.94 bits per heavy atom. The second-order valence-electron chi connectivity index (χ2n) is 4.85. The van der Waals surface area contributed by atoms with Crippen LogP contribution in [0, 0.1) is 5.41 Å². The van der Waals surface area contributed by atoms with E-state index in [4.69, 9.17) is 15.2 Å². The van der Waals surface area contributed by atoms with E-state index in [1.165, 1.54) is 0 Å². The van der Waals surface area contributed by atoms with Gasteiger partial charge in [0.05, 0.1) is 13.2 Å². The molecule has 1 aliphatic rings. The van der Waals surface area contributed by atoms with E-state index >= 15 is 0 Å². The van der Waals surface area contributed by atoms with Crippen LogP contribution >= 0.6 is 0 Å². The van der Waals surface area contributed by atoms with E-state index in [-0.39, 0.29) is 5.41 Å². The predicted molar refractivity (Wildman–Crippen MR) is 69.5 cm³/mol. The average molecular weight is 251 g/mol. The summed E-state index contributed by atoms with van der Waals surface area (Å²) in [5, 5.41) is 10.6. The Labute approximate surface area is 108 Å². The summed E-state index contributed by atoms with van der Waals surface area (Å²) >= 11 is 0. The Morgan fingerprint density at radius 3 is 2.44 bits per heavy atom. The molecule has 4 heteroatoms. The summed E-state index contributed by atoms with van der Waals surface area (Å²) in [6.07, 6.45) is 1.06. The molecular weight excluding hydrogens is 230 g/mol. The number of benzene rings is 1. The fourth-order valence-electron chi connectivity index (χ4n) is 2.51. The van der Waals surface area contributed by atoms with Gasteiger partial charge in [-0.3, -0.25) is 0 Å². The SMILES string of the molecule is COc1ccc(C(O)C2(CN)CCOCC2)cc1. The molecule has 1 atom stereocenters. The molecule has 3 N–H and O–H groups in total. The van der Waals surface area contributed by atoms with Gasteiger partial charge in [0.25, 0.3) is 0 Å². The van der Waals surface area contributed by atoms with Crippen molar-refractivity contribution in [2.45, 2.75) is 18.9 Å². The van der Waals surface area contributed by atoms with Crippen LogP contribution in [-0.2, 0) is 4.74 Å². The van der Waals surface area contributed by atoms with E-state index in [2.05, 4.69) is 0 Å². The van der Waals surface area contributed by atoms with Crippen molar-refractivity contribution in [1.29, 1.82) is 0 Å². The zero-order valence-corrected chi connectivity index (χ0v) is 10.8. The largest absolute Gasteiger partial charge is 0.497 e. The summed E-state index contributed by atoms with van der Waals surface area (Å²) in [5.41, 5.74) is 6.53. The summed E-state index contributed by atoms with van der Waals surface area (Å²) in [7, 11) is 1.63. The van der Waals surface area contributed by atoms with E-state index in [9.17, 15) is 5.11 Å². The molecule has 0 bridgehead atoms. The van der Waals surface area contributed by atoms with Gasteiger partial charge < -0.3 is 20.3 Å². The van der Waals surface area contributed by atoms with Crippen LogP contribution in [0.15, 0.2) is 24.3 Å². The molecule has 0 saturated carbocycles. The van der Waals surface area contributed by atoms with Crippen LogP contribution in [0.25, 0.3) is 0 Å². The number of aliphatic hydroxyl groups excluding tert-OH is 1. The van der Waals surface area contributed by atoms with Crippen LogP contribution in [0.2, 0.25) is 0 Å². The highest BCUT2D eigenvalue weighted by Crippen LogP contribution is 2.41. The van der Waals surface area contributed by atoms with E-state index in [0.717, 1.165) is 24.2 Å². The van der Waals surface area contributed by atoms with Gasteiger partial charge in [-0.25, -0.2) is 0 Å². The minimum Gasteiger partial charge on any atom is -0.497 e. The Kier molecular flexibility index (Phi) is 4.22. The van der Waals surface area contributed by atoms with Crippen molar-refractivity contribution in [3.8, 4) is 5.75 Å². The van der Waals surface area contributed by atoms with E-state index in [1.807, 2.05) is 24.3 Å². The fraction of sp³-hybridized carbons (Fsp3) is 0.571.